The number of ether oxygens (including phenoxy) is 2. The van der Waals surface area contributed by atoms with E-state index in [-0.39, 0.29) is 11.3 Å². The highest BCUT2D eigenvalue weighted by atomic mass is 32.1. The van der Waals surface area contributed by atoms with Crippen molar-refractivity contribution in [1.29, 1.82) is 0 Å². The molecule has 1 fully saturated rings. The minimum Gasteiger partial charge on any atom is -0.507 e. The van der Waals surface area contributed by atoms with Crippen LogP contribution in [-0.4, -0.2) is 42.0 Å². The van der Waals surface area contributed by atoms with Gasteiger partial charge in [0.1, 0.15) is 11.5 Å². The summed E-state index contributed by atoms with van der Waals surface area (Å²) in [6.07, 6.45) is 0. The second-order valence-electron chi connectivity index (χ2n) is 8.94. The number of fused-ring (bicyclic) bond motifs is 1. The topological polar surface area (TPSA) is 106 Å². The van der Waals surface area contributed by atoms with Crippen molar-refractivity contribution < 1.29 is 29.0 Å². The number of nitrogens with zero attached hydrogens (tertiary/aromatic N) is 2. The largest absolute Gasteiger partial charge is 0.507 e. The van der Waals surface area contributed by atoms with Gasteiger partial charge in [0.05, 0.1) is 41.6 Å². The summed E-state index contributed by atoms with van der Waals surface area (Å²) in [5.74, 6) is -1.87. The number of Topliss-reactive ketones (excluding diaryl/α,β-unsaturated/α-hetero) is 1. The number of esters is 1. The Morgan fingerprint density at radius 1 is 0.974 bits per heavy atom. The molecular formula is C29H24N2O6S. The fraction of sp³-hybridized carbons (Fsp3) is 0.172. The number of amides is 1. The molecule has 2 heterocycles. The van der Waals surface area contributed by atoms with Gasteiger partial charge in [-0.15, -0.1) is 0 Å². The molecule has 0 bridgehead atoms. The normalized spacial score (nSPS) is 16.7. The van der Waals surface area contributed by atoms with Gasteiger partial charge in [-0.2, -0.15) is 0 Å². The molecule has 9 heteroatoms. The van der Waals surface area contributed by atoms with Gasteiger partial charge in [0.25, 0.3) is 5.78 Å². The first kappa shape index (κ1) is 25.2. The lowest BCUT2D eigenvalue weighted by atomic mass is 9.94. The number of aliphatic hydroxyl groups excluding tert-OH is 1. The number of carbonyl (C=O) groups excluding carboxylic acids is 3. The fourth-order valence-corrected chi connectivity index (χ4v) is 5.80. The monoisotopic (exact) mass is 528 g/mol. The summed E-state index contributed by atoms with van der Waals surface area (Å²) in [4.78, 5) is 45.0. The van der Waals surface area contributed by atoms with Gasteiger partial charge in [0.2, 0.25) is 0 Å². The van der Waals surface area contributed by atoms with Crippen LogP contribution >= 0.6 is 11.3 Å². The first-order valence-corrected chi connectivity index (χ1v) is 12.6. The molecule has 0 saturated carbocycles. The van der Waals surface area contributed by atoms with Crippen molar-refractivity contribution in [2.24, 2.45) is 0 Å². The van der Waals surface area contributed by atoms with Crippen molar-refractivity contribution in [3.63, 3.8) is 0 Å². The van der Waals surface area contributed by atoms with Crippen LogP contribution in [0.1, 0.15) is 38.7 Å². The predicted molar refractivity (Wildman–Crippen MR) is 145 cm³/mol. The van der Waals surface area contributed by atoms with Gasteiger partial charge in [-0.3, -0.25) is 14.5 Å². The average molecular weight is 529 g/mol. The van der Waals surface area contributed by atoms with E-state index >= 15 is 0 Å². The van der Waals surface area contributed by atoms with Gasteiger partial charge in [0, 0.05) is 5.56 Å². The maximum Gasteiger partial charge on any atom is 0.337 e. The number of benzene rings is 3. The maximum absolute atomic E-state index is 13.5. The Morgan fingerprint density at radius 3 is 2.26 bits per heavy atom. The van der Waals surface area contributed by atoms with Crippen LogP contribution in [0.4, 0.5) is 5.13 Å². The highest BCUT2D eigenvalue weighted by Crippen LogP contribution is 2.44. The summed E-state index contributed by atoms with van der Waals surface area (Å²) in [6.45, 7) is 3.93. The Balaban J connectivity index is 1.71. The van der Waals surface area contributed by atoms with E-state index in [1.165, 1.54) is 30.5 Å². The molecule has 5 rings (SSSR count). The number of aryl methyl sites for hydroxylation is 2. The van der Waals surface area contributed by atoms with Gasteiger partial charge < -0.3 is 14.6 Å². The molecule has 1 saturated heterocycles. The van der Waals surface area contributed by atoms with Gasteiger partial charge in [-0.25, -0.2) is 9.78 Å². The number of thiazole rings is 1. The van der Waals surface area contributed by atoms with E-state index in [2.05, 4.69) is 0 Å². The molecule has 0 spiro atoms. The van der Waals surface area contributed by atoms with Crippen molar-refractivity contribution in [1.82, 2.24) is 4.98 Å². The minimum absolute atomic E-state index is 0.0712. The van der Waals surface area contributed by atoms with Crippen molar-refractivity contribution in [2.45, 2.75) is 19.9 Å². The molecule has 0 radical (unpaired) electrons. The zero-order valence-electron chi connectivity index (χ0n) is 21.1. The third kappa shape index (κ3) is 4.20. The number of hydrogen-bond acceptors (Lipinski definition) is 8. The molecule has 1 aliphatic rings. The lowest BCUT2D eigenvalue weighted by Crippen LogP contribution is -2.29. The lowest BCUT2D eigenvalue weighted by Gasteiger charge is -2.23. The molecule has 192 valence electrons. The molecule has 0 unspecified atom stereocenters. The van der Waals surface area contributed by atoms with Crippen LogP contribution in [0, 0.1) is 13.8 Å². The van der Waals surface area contributed by atoms with Gasteiger partial charge >= 0.3 is 11.9 Å². The van der Waals surface area contributed by atoms with Crippen LogP contribution in [0.5, 0.6) is 5.75 Å². The Bertz CT molecular complexity index is 1620. The van der Waals surface area contributed by atoms with Gasteiger partial charge in [0.15, 0.2) is 5.13 Å². The van der Waals surface area contributed by atoms with Crippen LogP contribution in [0.15, 0.2) is 66.2 Å². The molecule has 3 aromatic carbocycles. The Kier molecular flexibility index (Phi) is 6.46. The zero-order valence-corrected chi connectivity index (χ0v) is 22.0. The van der Waals surface area contributed by atoms with Crippen LogP contribution in [0.25, 0.3) is 16.0 Å². The number of hydrogen-bond donors (Lipinski definition) is 1. The van der Waals surface area contributed by atoms with Crippen LogP contribution in [0.3, 0.4) is 0 Å². The number of carbonyl (C=O) groups is 3. The Morgan fingerprint density at radius 2 is 1.63 bits per heavy atom. The zero-order chi connectivity index (χ0) is 27.1. The third-order valence-electron chi connectivity index (χ3n) is 6.48. The van der Waals surface area contributed by atoms with Gasteiger partial charge in [-0.05, 0) is 73.0 Å². The van der Waals surface area contributed by atoms with Gasteiger partial charge in [-0.1, -0.05) is 29.5 Å². The minimum atomic E-state index is -0.967. The summed E-state index contributed by atoms with van der Waals surface area (Å²) in [6, 6.07) is 16.0. The van der Waals surface area contributed by atoms with E-state index in [4.69, 9.17) is 14.5 Å². The van der Waals surface area contributed by atoms with Crippen LogP contribution in [-0.2, 0) is 14.3 Å². The summed E-state index contributed by atoms with van der Waals surface area (Å²) in [5, 5.41) is 11.7. The molecule has 4 aromatic rings. The molecule has 1 aliphatic heterocycles. The summed E-state index contributed by atoms with van der Waals surface area (Å²) in [5.41, 5.74) is 3.88. The number of aliphatic hydroxyl groups is 1. The molecule has 0 aliphatic carbocycles. The number of methoxy groups -OCH3 is 2. The highest BCUT2D eigenvalue weighted by molar-refractivity contribution is 7.22. The predicted octanol–water partition coefficient (Wildman–Crippen LogP) is 5.33. The lowest BCUT2D eigenvalue weighted by molar-refractivity contribution is -0.132. The summed E-state index contributed by atoms with van der Waals surface area (Å²) >= 11 is 1.30. The van der Waals surface area contributed by atoms with E-state index in [9.17, 15) is 19.5 Å². The molecular weight excluding hydrogens is 504 g/mol. The maximum atomic E-state index is 13.5. The molecule has 1 N–H and O–H groups in total. The first-order chi connectivity index (χ1) is 18.2. The van der Waals surface area contributed by atoms with E-state index in [0.29, 0.717) is 27.6 Å². The van der Waals surface area contributed by atoms with E-state index < -0.39 is 23.7 Å². The molecule has 1 amide bonds. The number of rotatable bonds is 5. The standard InChI is InChI=1S/C29H24N2O6S/c1-15-13-16(2)23-21(14-15)38-29(30-23)31-24(17-5-7-19(8-6-17)28(35)37-4)22(26(33)27(31)34)25(32)18-9-11-20(36-3)12-10-18/h5-14,24,32H,1-4H3/b25-22+/t24-/m0/s1. The van der Waals surface area contributed by atoms with E-state index in [1.807, 2.05) is 26.0 Å². The van der Waals surface area contributed by atoms with Crippen molar-refractivity contribution >= 4 is 50.1 Å². The average Bonchev–Trinajstić information content (AvgIpc) is 3.46. The van der Waals surface area contributed by atoms with Crippen molar-refractivity contribution in [3.05, 3.63) is 94.1 Å². The molecule has 1 aromatic heterocycles. The summed E-state index contributed by atoms with van der Waals surface area (Å²) in [7, 11) is 2.82. The number of anilines is 1. The number of ketones is 1. The molecule has 38 heavy (non-hydrogen) atoms. The van der Waals surface area contributed by atoms with Crippen molar-refractivity contribution in [2.75, 3.05) is 19.1 Å². The summed E-state index contributed by atoms with van der Waals surface area (Å²) < 4.78 is 10.9. The second-order valence-corrected chi connectivity index (χ2v) is 9.95. The Hall–Kier alpha value is -4.50. The fourth-order valence-electron chi connectivity index (χ4n) is 4.63. The SMILES string of the molecule is COC(=O)c1ccc([C@H]2/C(=C(\O)c3ccc(OC)cc3)C(=O)C(=O)N2c2nc3c(C)cc(C)cc3s2)cc1. The third-order valence-corrected chi connectivity index (χ3v) is 7.48. The number of aromatic nitrogens is 1. The van der Waals surface area contributed by atoms with E-state index in [1.54, 1.807) is 48.5 Å². The second kappa shape index (κ2) is 9.75. The quantitative estimate of drug-likeness (QED) is 0.161. The van der Waals surface area contributed by atoms with E-state index in [0.717, 1.165) is 21.3 Å². The van der Waals surface area contributed by atoms with Crippen molar-refractivity contribution in [3.8, 4) is 5.75 Å². The first-order valence-electron chi connectivity index (χ1n) is 11.7. The molecule has 8 nitrogen and oxygen atoms in total. The van der Waals surface area contributed by atoms with Crippen LogP contribution < -0.4 is 9.64 Å². The Labute approximate surface area is 222 Å². The highest BCUT2D eigenvalue weighted by Gasteiger charge is 2.48. The smallest absolute Gasteiger partial charge is 0.337 e. The van der Waals surface area contributed by atoms with Crippen LogP contribution in [0.2, 0.25) is 0 Å². The molecule has 1 atom stereocenters.